The van der Waals surface area contributed by atoms with Crippen LogP contribution in [0.2, 0.25) is 6.32 Å². The van der Waals surface area contributed by atoms with Crippen LogP contribution in [0.25, 0.3) is 0 Å². The van der Waals surface area contributed by atoms with Gasteiger partial charge in [0.2, 0.25) is 0 Å². The van der Waals surface area contributed by atoms with Crippen LogP contribution in [0, 0.1) is 0 Å². The lowest BCUT2D eigenvalue weighted by Crippen LogP contribution is -2.19. The molecule has 0 N–H and O–H groups in total. The molecular formula is C8H17BO2. The fourth-order valence-electron chi connectivity index (χ4n) is 0.462. The Bertz CT molecular complexity index is 78.7. The van der Waals surface area contributed by atoms with Crippen molar-refractivity contribution < 1.29 is 9.53 Å². The standard InChI is InChI=1S/C7H15BO.CH2O/c1-7(2,3)9-6-4-5-8;1-2/h4-6H2,1-3H3;1H2. The predicted octanol–water partition coefficient (Wildman–Crippen LogP) is 1.59. The molecule has 2 radical (unpaired) electrons. The average Bonchev–Trinajstić information content (AvgIpc) is 1.90. The lowest BCUT2D eigenvalue weighted by atomic mass is 10.0. The number of carbonyl (C=O) groups excluding carboxylic acids is 1. The van der Waals surface area contributed by atoms with Gasteiger partial charge < -0.3 is 9.53 Å². The molecule has 0 aliphatic heterocycles. The molecule has 0 aromatic carbocycles. The minimum Gasteiger partial charge on any atom is -0.376 e. The highest BCUT2D eigenvalue weighted by atomic mass is 16.5. The van der Waals surface area contributed by atoms with Gasteiger partial charge >= 0.3 is 0 Å². The predicted molar refractivity (Wildman–Crippen MR) is 48.0 cm³/mol. The molecule has 0 amide bonds. The van der Waals surface area contributed by atoms with E-state index in [0.717, 1.165) is 19.3 Å². The Morgan fingerprint density at radius 3 is 2.09 bits per heavy atom. The molecule has 0 aliphatic carbocycles. The summed E-state index contributed by atoms with van der Waals surface area (Å²) < 4.78 is 5.39. The van der Waals surface area contributed by atoms with Crippen LogP contribution in [-0.4, -0.2) is 26.8 Å². The maximum absolute atomic E-state index is 8.00. The van der Waals surface area contributed by atoms with Crippen LogP contribution in [0.3, 0.4) is 0 Å². The Morgan fingerprint density at radius 1 is 1.36 bits per heavy atom. The van der Waals surface area contributed by atoms with Gasteiger partial charge in [-0.15, -0.1) is 0 Å². The zero-order chi connectivity index (χ0) is 9.33. The molecular weight excluding hydrogens is 139 g/mol. The third-order valence-electron chi connectivity index (χ3n) is 0.884. The van der Waals surface area contributed by atoms with Crippen LogP contribution in [0.4, 0.5) is 0 Å². The number of ether oxygens (including phenoxy) is 1. The van der Waals surface area contributed by atoms with Gasteiger partial charge in [-0.2, -0.15) is 0 Å². The zero-order valence-corrected chi connectivity index (χ0v) is 7.72. The first kappa shape index (κ1) is 13.3. The van der Waals surface area contributed by atoms with E-state index in [0.29, 0.717) is 0 Å². The molecule has 0 saturated heterocycles. The molecule has 0 aromatic heterocycles. The van der Waals surface area contributed by atoms with Crippen molar-refractivity contribution in [1.29, 1.82) is 0 Å². The molecule has 0 heterocycles. The topological polar surface area (TPSA) is 26.3 Å². The van der Waals surface area contributed by atoms with E-state index in [9.17, 15) is 0 Å². The summed E-state index contributed by atoms with van der Waals surface area (Å²) in [5.74, 6) is 0. The summed E-state index contributed by atoms with van der Waals surface area (Å²) in [5.41, 5.74) is -0.00479. The second-order valence-corrected chi connectivity index (χ2v) is 3.10. The summed E-state index contributed by atoms with van der Waals surface area (Å²) in [5, 5.41) is 0. The largest absolute Gasteiger partial charge is 0.376 e. The molecule has 0 unspecified atom stereocenters. The summed E-state index contributed by atoms with van der Waals surface area (Å²) in [6, 6.07) is 0. The lowest BCUT2D eigenvalue weighted by molar-refractivity contribution is -0.0979. The van der Waals surface area contributed by atoms with Crippen molar-refractivity contribution in [3.05, 3.63) is 0 Å². The van der Waals surface area contributed by atoms with Gasteiger partial charge in [0, 0.05) is 6.61 Å². The van der Waals surface area contributed by atoms with Crippen LogP contribution < -0.4 is 0 Å². The number of hydrogen-bond donors (Lipinski definition) is 0. The molecule has 0 aliphatic rings. The van der Waals surface area contributed by atoms with Gasteiger partial charge in [0.15, 0.2) is 0 Å². The monoisotopic (exact) mass is 156 g/mol. The van der Waals surface area contributed by atoms with E-state index in [4.69, 9.17) is 17.4 Å². The molecule has 0 atom stereocenters. The molecule has 64 valence electrons. The Morgan fingerprint density at radius 2 is 1.82 bits per heavy atom. The first-order chi connectivity index (χ1) is 5.06. The SMILES string of the molecule is C=O.[B]CCCOC(C)(C)C. The van der Waals surface area contributed by atoms with Crippen LogP contribution in [0.5, 0.6) is 0 Å². The number of hydrogen-bond acceptors (Lipinski definition) is 2. The van der Waals surface area contributed by atoms with E-state index >= 15 is 0 Å². The first-order valence-electron chi connectivity index (χ1n) is 3.69. The molecule has 0 saturated carbocycles. The number of rotatable bonds is 3. The zero-order valence-electron chi connectivity index (χ0n) is 7.72. The van der Waals surface area contributed by atoms with E-state index < -0.39 is 0 Å². The third kappa shape index (κ3) is 17.7. The van der Waals surface area contributed by atoms with Gasteiger partial charge in [0.05, 0.1) is 13.4 Å². The fourth-order valence-corrected chi connectivity index (χ4v) is 0.462. The van der Waals surface area contributed by atoms with Crippen molar-refractivity contribution in [2.45, 2.75) is 39.1 Å². The van der Waals surface area contributed by atoms with Crippen molar-refractivity contribution in [1.82, 2.24) is 0 Å². The minimum absolute atomic E-state index is 0.00479. The van der Waals surface area contributed by atoms with Gasteiger partial charge in [0.25, 0.3) is 0 Å². The van der Waals surface area contributed by atoms with Gasteiger partial charge in [-0.25, -0.2) is 0 Å². The summed E-state index contributed by atoms with van der Waals surface area (Å²) in [6.07, 6.45) is 1.67. The Labute approximate surface area is 70.7 Å². The van der Waals surface area contributed by atoms with Crippen molar-refractivity contribution >= 4 is 14.6 Å². The quantitative estimate of drug-likeness (QED) is 0.458. The van der Waals surface area contributed by atoms with Crippen LogP contribution in [0.15, 0.2) is 0 Å². The Kier molecular flexibility index (Phi) is 9.43. The van der Waals surface area contributed by atoms with E-state index in [2.05, 4.69) is 0 Å². The van der Waals surface area contributed by atoms with E-state index in [-0.39, 0.29) is 5.60 Å². The highest BCUT2D eigenvalue weighted by Gasteiger charge is 2.07. The second-order valence-electron chi connectivity index (χ2n) is 3.10. The molecule has 0 rings (SSSR count). The first-order valence-corrected chi connectivity index (χ1v) is 3.69. The van der Waals surface area contributed by atoms with Crippen molar-refractivity contribution in [3.8, 4) is 0 Å². The molecule has 11 heavy (non-hydrogen) atoms. The van der Waals surface area contributed by atoms with Crippen molar-refractivity contribution in [3.63, 3.8) is 0 Å². The van der Waals surface area contributed by atoms with Gasteiger partial charge in [-0.3, -0.25) is 0 Å². The lowest BCUT2D eigenvalue weighted by Gasteiger charge is -2.18. The van der Waals surface area contributed by atoms with Crippen LogP contribution in [-0.2, 0) is 9.53 Å². The Balaban J connectivity index is 0. The second kappa shape index (κ2) is 7.80. The smallest absolute Gasteiger partial charge is 0.106 e. The highest BCUT2D eigenvalue weighted by Crippen LogP contribution is 2.06. The average molecular weight is 156 g/mol. The molecule has 3 heteroatoms. The molecule has 0 bridgehead atoms. The van der Waals surface area contributed by atoms with Crippen molar-refractivity contribution in [2.24, 2.45) is 0 Å². The summed E-state index contributed by atoms with van der Waals surface area (Å²) in [7, 11) is 5.28. The van der Waals surface area contributed by atoms with E-state index in [1.165, 1.54) is 0 Å². The van der Waals surface area contributed by atoms with Crippen LogP contribution in [0.1, 0.15) is 27.2 Å². The molecule has 0 aromatic rings. The fraction of sp³-hybridized carbons (Fsp3) is 0.875. The normalized spacial score (nSPS) is 10.1. The highest BCUT2D eigenvalue weighted by molar-refractivity contribution is 6.08. The summed E-state index contributed by atoms with van der Waals surface area (Å²) in [6.45, 7) is 8.91. The molecule has 0 fully saturated rings. The maximum Gasteiger partial charge on any atom is 0.106 e. The van der Waals surface area contributed by atoms with Gasteiger partial charge in [-0.05, 0) is 27.2 Å². The van der Waals surface area contributed by atoms with E-state index in [1.54, 1.807) is 0 Å². The molecule has 2 nitrogen and oxygen atoms in total. The van der Waals surface area contributed by atoms with E-state index in [1.807, 2.05) is 27.6 Å². The minimum atomic E-state index is -0.00479. The van der Waals surface area contributed by atoms with Gasteiger partial charge in [0.1, 0.15) is 6.79 Å². The van der Waals surface area contributed by atoms with Gasteiger partial charge in [-0.1, -0.05) is 6.32 Å². The summed E-state index contributed by atoms with van der Waals surface area (Å²) >= 11 is 0. The Hall–Kier alpha value is -0.305. The molecule has 0 spiro atoms. The van der Waals surface area contributed by atoms with Crippen molar-refractivity contribution in [2.75, 3.05) is 6.61 Å². The summed E-state index contributed by atoms with van der Waals surface area (Å²) in [4.78, 5) is 8.00. The van der Waals surface area contributed by atoms with Crippen LogP contribution >= 0.6 is 0 Å². The number of carbonyl (C=O) groups is 1. The maximum atomic E-state index is 8.00. The third-order valence-corrected chi connectivity index (χ3v) is 0.884.